The average Bonchev–Trinajstić information content (AvgIpc) is 3.25. The van der Waals surface area contributed by atoms with E-state index in [-0.39, 0.29) is 40.0 Å². The molecule has 0 bridgehead atoms. The van der Waals surface area contributed by atoms with Gasteiger partial charge in [-0.15, -0.1) is 0 Å². The predicted octanol–water partition coefficient (Wildman–Crippen LogP) is 2.92. The number of aromatic nitrogens is 6. The van der Waals surface area contributed by atoms with Gasteiger partial charge in [-0.1, -0.05) is 6.92 Å². The molecule has 5 heterocycles. The Morgan fingerprint density at radius 3 is 2.56 bits per heavy atom. The van der Waals surface area contributed by atoms with Crippen LogP contribution >= 0.6 is 15.9 Å². The number of amides is 3. The van der Waals surface area contributed by atoms with Crippen LogP contribution in [0.15, 0.2) is 35.2 Å². The third-order valence-electron chi connectivity index (χ3n) is 7.73. The zero-order valence-electron chi connectivity index (χ0n) is 22.4. The van der Waals surface area contributed by atoms with Gasteiger partial charge in [-0.3, -0.25) is 24.0 Å². The van der Waals surface area contributed by atoms with Crippen LogP contribution in [0.25, 0.3) is 22.2 Å². The second-order valence-electron chi connectivity index (χ2n) is 10.8. The van der Waals surface area contributed by atoms with Gasteiger partial charge in [0.2, 0.25) is 11.8 Å². The van der Waals surface area contributed by atoms with Crippen LogP contribution in [-0.4, -0.2) is 64.4 Å². The minimum atomic E-state index is -0.778. The summed E-state index contributed by atoms with van der Waals surface area (Å²) in [7, 11) is 0. The number of nitrogens with zero attached hydrogens (tertiary/aromatic N) is 7. The number of rotatable bonds is 6. The van der Waals surface area contributed by atoms with Crippen LogP contribution in [0.5, 0.6) is 0 Å². The van der Waals surface area contributed by atoms with Crippen LogP contribution in [-0.2, 0) is 16.1 Å². The Hall–Kier alpha value is -4.33. The van der Waals surface area contributed by atoms with Crippen molar-refractivity contribution in [1.29, 1.82) is 0 Å². The van der Waals surface area contributed by atoms with Crippen LogP contribution in [0.3, 0.4) is 0 Å². The van der Waals surface area contributed by atoms with E-state index in [4.69, 9.17) is 5.73 Å². The molecular formula is C27H25BrFN9O3. The summed E-state index contributed by atoms with van der Waals surface area (Å²) in [6.07, 6.45) is 4.50. The van der Waals surface area contributed by atoms with E-state index in [0.717, 1.165) is 12.5 Å². The molecule has 0 spiro atoms. The molecule has 210 valence electrons. The van der Waals surface area contributed by atoms with Gasteiger partial charge in [0.25, 0.3) is 5.91 Å². The third kappa shape index (κ3) is 4.81. The second kappa shape index (κ2) is 9.65. The first-order valence-corrected chi connectivity index (χ1v) is 13.6. The minimum Gasteiger partial charge on any atom is -0.364 e. The van der Waals surface area contributed by atoms with Gasteiger partial charge in [-0.2, -0.15) is 5.10 Å². The fourth-order valence-electron chi connectivity index (χ4n) is 5.68. The summed E-state index contributed by atoms with van der Waals surface area (Å²) < 4.78 is 15.5. The van der Waals surface area contributed by atoms with Gasteiger partial charge in [0.1, 0.15) is 34.6 Å². The van der Waals surface area contributed by atoms with Crippen LogP contribution in [0, 0.1) is 25.1 Å². The number of aryl methyl sites for hydroxylation is 2. The predicted molar refractivity (Wildman–Crippen MR) is 149 cm³/mol. The van der Waals surface area contributed by atoms with E-state index < -0.39 is 23.7 Å². The number of piperidine rings is 1. The van der Waals surface area contributed by atoms with Gasteiger partial charge in [0.05, 0.1) is 16.9 Å². The van der Waals surface area contributed by atoms with Crippen LogP contribution in [0.2, 0.25) is 0 Å². The number of fused-ring (bicyclic) bond motifs is 2. The standard InChI is InChI=1S/C27H25BrFN9O3/c1-12-24-16(6-17(33-12)14-9-31-13(2)32-10-14)23(25(30)40)36-37(24)11-22(39)38-18(7-27(3)8-19(27)38)26(41)35-21-5-15(29)4-20(28)34-21/h4-6,9-10,18-19H,7-8,11H2,1-3H3,(H2,30,40)(H,34,35,41)/t18-,19+,27-/m0/s1. The monoisotopic (exact) mass is 621 g/mol. The van der Waals surface area contributed by atoms with E-state index in [1.165, 1.54) is 10.7 Å². The maximum Gasteiger partial charge on any atom is 0.269 e. The number of hydrogen-bond donors (Lipinski definition) is 2. The van der Waals surface area contributed by atoms with Crippen LogP contribution < -0.4 is 11.1 Å². The van der Waals surface area contributed by atoms with E-state index >= 15 is 0 Å². The van der Waals surface area contributed by atoms with Crippen molar-refractivity contribution in [3.63, 3.8) is 0 Å². The number of carbonyl (C=O) groups excluding carboxylic acids is 3. The molecule has 3 amide bonds. The summed E-state index contributed by atoms with van der Waals surface area (Å²) in [6.45, 7) is 5.32. The van der Waals surface area contributed by atoms with Crippen molar-refractivity contribution in [3.05, 3.63) is 58.2 Å². The third-order valence-corrected chi connectivity index (χ3v) is 8.14. The molecule has 0 unspecified atom stereocenters. The topological polar surface area (TPSA) is 162 Å². The van der Waals surface area contributed by atoms with Gasteiger partial charge < -0.3 is 16.0 Å². The summed E-state index contributed by atoms with van der Waals surface area (Å²) in [6, 6.07) is 3.07. The first-order chi connectivity index (χ1) is 19.4. The maximum atomic E-state index is 13.8. The molecule has 4 aromatic rings. The number of likely N-dealkylation sites (tertiary alicyclic amines) is 1. The van der Waals surface area contributed by atoms with Gasteiger partial charge in [-0.05, 0) is 54.1 Å². The van der Waals surface area contributed by atoms with Crippen LogP contribution in [0.4, 0.5) is 10.2 Å². The Labute approximate surface area is 241 Å². The molecule has 3 N–H and O–H groups in total. The largest absolute Gasteiger partial charge is 0.364 e. The number of hydrogen-bond acceptors (Lipinski definition) is 8. The summed E-state index contributed by atoms with van der Waals surface area (Å²) in [5.41, 5.74) is 7.67. The lowest BCUT2D eigenvalue weighted by molar-refractivity contribution is -0.138. The number of anilines is 1. The highest BCUT2D eigenvalue weighted by Gasteiger charge is 2.64. The molecule has 1 saturated carbocycles. The molecule has 2 fully saturated rings. The van der Waals surface area contributed by atoms with Crippen molar-refractivity contribution >= 4 is 50.4 Å². The van der Waals surface area contributed by atoms with E-state index in [9.17, 15) is 18.8 Å². The minimum absolute atomic E-state index is 0.00214. The molecule has 3 atom stereocenters. The number of pyridine rings is 2. The molecule has 0 aromatic carbocycles. The van der Waals surface area contributed by atoms with Crippen molar-refractivity contribution in [2.75, 3.05) is 5.32 Å². The van der Waals surface area contributed by atoms with E-state index in [0.29, 0.717) is 40.1 Å². The van der Waals surface area contributed by atoms with Gasteiger partial charge in [0, 0.05) is 41.5 Å². The molecule has 1 aliphatic heterocycles. The van der Waals surface area contributed by atoms with E-state index in [1.54, 1.807) is 37.2 Å². The highest BCUT2D eigenvalue weighted by Crippen LogP contribution is 2.59. The Bertz CT molecular complexity index is 1740. The molecule has 4 aromatic heterocycles. The number of carbonyl (C=O) groups is 3. The molecule has 1 saturated heterocycles. The van der Waals surface area contributed by atoms with Crippen molar-refractivity contribution in [3.8, 4) is 11.3 Å². The number of nitrogens with one attached hydrogen (secondary N) is 1. The summed E-state index contributed by atoms with van der Waals surface area (Å²) in [5.74, 6) is -1.46. The Kier molecular flexibility index (Phi) is 6.32. The Morgan fingerprint density at radius 2 is 1.88 bits per heavy atom. The molecule has 2 aliphatic rings. The first-order valence-electron chi connectivity index (χ1n) is 12.9. The van der Waals surface area contributed by atoms with Crippen molar-refractivity contribution in [2.45, 2.75) is 52.2 Å². The zero-order chi connectivity index (χ0) is 29.2. The normalized spacial score (nSPS) is 21.1. The first kappa shape index (κ1) is 26.9. The maximum absolute atomic E-state index is 13.8. The Morgan fingerprint density at radius 1 is 1.15 bits per heavy atom. The fourth-order valence-corrected chi connectivity index (χ4v) is 6.08. The number of primary amides is 1. The van der Waals surface area contributed by atoms with Crippen LogP contribution in [0.1, 0.15) is 41.8 Å². The second-order valence-corrected chi connectivity index (χ2v) is 11.6. The summed E-state index contributed by atoms with van der Waals surface area (Å²) >= 11 is 3.12. The van der Waals surface area contributed by atoms with E-state index in [1.807, 2.05) is 6.92 Å². The summed E-state index contributed by atoms with van der Waals surface area (Å²) in [5, 5.41) is 7.47. The molecule has 1 aliphatic carbocycles. The zero-order valence-corrected chi connectivity index (χ0v) is 23.9. The number of nitrogens with two attached hydrogens (primary N) is 1. The van der Waals surface area contributed by atoms with Crippen molar-refractivity contribution in [1.82, 2.24) is 34.6 Å². The molecular weight excluding hydrogens is 597 g/mol. The Balaban J connectivity index is 1.31. The van der Waals surface area contributed by atoms with Gasteiger partial charge >= 0.3 is 0 Å². The van der Waals surface area contributed by atoms with Crippen molar-refractivity contribution < 1.29 is 18.8 Å². The number of halogens is 2. The molecule has 0 radical (unpaired) electrons. The highest BCUT2D eigenvalue weighted by molar-refractivity contribution is 9.10. The molecule has 41 heavy (non-hydrogen) atoms. The van der Waals surface area contributed by atoms with Gasteiger partial charge in [-0.25, -0.2) is 19.3 Å². The molecule has 6 rings (SSSR count). The molecule has 14 heteroatoms. The quantitative estimate of drug-likeness (QED) is 0.310. The van der Waals surface area contributed by atoms with Gasteiger partial charge in [0.15, 0.2) is 5.69 Å². The summed E-state index contributed by atoms with van der Waals surface area (Å²) in [4.78, 5) is 58.2. The lowest BCUT2D eigenvalue weighted by Gasteiger charge is -2.27. The average molecular weight is 622 g/mol. The SMILES string of the molecule is Cc1ncc(-c2cc3c(C(N)=O)nn(CC(=O)N4[C@H](C(=O)Nc5cc(F)cc(Br)n5)C[C@@]5(C)C[C@@H]45)c3c(C)n2)cn1. The van der Waals surface area contributed by atoms with Crippen molar-refractivity contribution in [2.24, 2.45) is 11.1 Å². The van der Waals surface area contributed by atoms with E-state index in [2.05, 4.69) is 46.3 Å². The highest BCUT2D eigenvalue weighted by atomic mass is 79.9. The fraction of sp³-hybridized carbons (Fsp3) is 0.333. The molecule has 12 nitrogen and oxygen atoms in total. The smallest absolute Gasteiger partial charge is 0.269 e. The lowest BCUT2D eigenvalue weighted by Crippen LogP contribution is -2.46. The lowest BCUT2D eigenvalue weighted by atomic mass is 10.0.